The van der Waals surface area contributed by atoms with Gasteiger partial charge in [-0.15, -0.1) is 0 Å². The van der Waals surface area contributed by atoms with Crippen LogP contribution >= 0.6 is 0 Å². The Morgan fingerprint density at radius 2 is 2.36 bits per heavy atom. The molecule has 2 N–H and O–H groups in total. The minimum Gasteiger partial charge on any atom is -0.353 e. The number of rotatable bonds is 4. The van der Waals surface area contributed by atoms with E-state index in [0.29, 0.717) is 18.4 Å². The quantitative estimate of drug-likeness (QED) is 0.607. The molecular weight excluding hydrogens is 140 g/mol. The van der Waals surface area contributed by atoms with Crippen molar-refractivity contribution in [2.45, 2.75) is 25.8 Å². The lowest BCUT2D eigenvalue weighted by atomic mass is 10.4. The highest BCUT2D eigenvalue weighted by Crippen LogP contribution is 2.29. The molecule has 0 spiro atoms. The van der Waals surface area contributed by atoms with Crippen molar-refractivity contribution in [3.05, 3.63) is 0 Å². The van der Waals surface area contributed by atoms with Crippen molar-refractivity contribution < 1.29 is 4.79 Å². The van der Waals surface area contributed by atoms with Crippen molar-refractivity contribution >= 4 is 5.91 Å². The van der Waals surface area contributed by atoms with E-state index in [4.69, 9.17) is 0 Å². The predicted octanol–water partition coefficient (Wildman–Crippen LogP) is 0.120. The molecule has 3 nitrogen and oxygen atoms in total. The molecule has 1 fully saturated rings. The molecule has 0 saturated heterocycles. The fourth-order valence-electron chi connectivity index (χ4n) is 1.22. The normalized spacial score (nSPS) is 28.2. The Kier molecular flexibility index (Phi) is 2.88. The first-order valence-electron chi connectivity index (χ1n) is 4.22. The van der Waals surface area contributed by atoms with Gasteiger partial charge in [-0.2, -0.15) is 0 Å². The van der Waals surface area contributed by atoms with Crippen LogP contribution in [0, 0.1) is 5.92 Å². The standard InChI is InChI=1S/C8H16N2O/c1-3-8(11)10-7-4-6(7)5-9-2/h6-7,9H,3-5H2,1-2H3,(H,10,11)/t6-,7+/m0/s1. The molecule has 0 aromatic rings. The SMILES string of the molecule is CCC(=O)N[C@@H]1C[C@H]1CNC. The highest BCUT2D eigenvalue weighted by molar-refractivity contribution is 5.76. The fourth-order valence-corrected chi connectivity index (χ4v) is 1.22. The van der Waals surface area contributed by atoms with E-state index in [2.05, 4.69) is 10.6 Å². The van der Waals surface area contributed by atoms with Gasteiger partial charge in [0.05, 0.1) is 0 Å². The van der Waals surface area contributed by atoms with E-state index in [1.54, 1.807) is 0 Å². The summed E-state index contributed by atoms with van der Waals surface area (Å²) in [5, 5.41) is 6.06. The Hall–Kier alpha value is -0.570. The molecule has 1 aliphatic rings. The monoisotopic (exact) mass is 156 g/mol. The van der Waals surface area contributed by atoms with Gasteiger partial charge < -0.3 is 10.6 Å². The summed E-state index contributed by atoms with van der Waals surface area (Å²) in [5.41, 5.74) is 0. The van der Waals surface area contributed by atoms with Crippen LogP contribution in [0.5, 0.6) is 0 Å². The molecule has 0 aliphatic heterocycles. The fraction of sp³-hybridized carbons (Fsp3) is 0.875. The average Bonchev–Trinajstić information content (AvgIpc) is 2.69. The van der Waals surface area contributed by atoms with E-state index in [-0.39, 0.29) is 5.91 Å². The second kappa shape index (κ2) is 3.72. The molecule has 0 aromatic carbocycles. The lowest BCUT2D eigenvalue weighted by molar-refractivity contribution is -0.120. The molecule has 0 aromatic heterocycles. The summed E-state index contributed by atoms with van der Waals surface area (Å²) in [6, 6.07) is 0.454. The summed E-state index contributed by atoms with van der Waals surface area (Å²) < 4.78 is 0. The smallest absolute Gasteiger partial charge is 0.219 e. The molecule has 1 rings (SSSR count). The van der Waals surface area contributed by atoms with Crippen LogP contribution in [-0.4, -0.2) is 25.5 Å². The zero-order valence-corrected chi connectivity index (χ0v) is 7.18. The third kappa shape index (κ3) is 2.50. The average molecular weight is 156 g/mol. The Labute approximate surface area is 67.5 Å². The van der Waals surface area contributed by atoms with Crippen LogP contribution in [0.1, 0.15) is 19.8 Å². The van der Waals surface area contributed by atoms with Crippen molar-refractivity contribution in [2.75, 3.05) is 13.6 Å². The van der Waals surface area contributed by atoms with Gasteiger partial charge in [-0.05, 0) is 25.9 Å². The highest BCUT2D eigenvalue weighted by atomic mass is 16.1. The van der Waals surface area contributed by atoms with Crippen molar-refractivity contribution in [1.29, 1.82) is 0 Å². The maximum atomic E-state index is 10.9. The second-order valence-electron chi connectivity index (χ2n) is 3.08. The van der Waals surface area contributed by atoms with E-state index in [0.717, 1.165) is 13.0 Å². The summed E-state index contributed by atoms with van der Waals surface area (Å²) in [6.07, 6.45) is 1.75. The summed E-state index contributed by atoms with van der Waals surface area (Å²) in [6.45, 7) is 2.90. The largest absolute Gasteiger partial charge is 0.353 e. The molecule has 0 bridgehead atoms. The molecule has 0 heterocycles. The van der Waals surface area contributed by atoms with Gasteiger partial charge in [0.2, 0.25) is 5.91 Å². The zero-order chi connectivity index (χ0) is 8.27. The first-order chi connectivity index (χ1) is 5.27. The first kappa shape index (κ1) is 8.53. The molecule has 11 heavy (non-hydrogen) atoms. The molecule has 3 heteroatoms. The van der Waals surface area contributed by atoms with Gasteiger partial charge in [0.25, 0.3) is 0 Å². The van der Waals surface area contributed by atoms with Crippen LogP contribution in [0.2, 0.25) is 0 Å². The van der Waals surface area contributed by atoms with Crippen LogP contribution in [-0.2, 0) is 4.79 Å². The Balaban J connectivity index is 2.08. The maximum Gasteiger partial charge on any atom is 0.219 e. The number of hydrogen-bond donors (Lipinski definition) is 2. The topological polar surface area (TPSA) is 41.1 Å². The van der Waals surface area contributed by atoms with Crippen molar-refractivity contribution in [3.63, 3.8) is 0 Å². The predicted molar refractivity (Wildman–Crippen MR) is 44.3 cm³/mol. The van der Waals surface area contributed by atoms with Gasteiger partial charge in [0.1, 0.15) is 0 Å². The Bertz CT molecular complexity index is 147. The van der Waals surface area contributed by atoms with Crippen LogP contribution < -0.4 is 10.6 Å². The summed E-state index contributed by atoms with van der Waals surface area (Å²) in [5.74, 6) is 0.851. The molecule has 2 atom stereocenters. The number of hydrogen-bond acceptors (Lipinski definition) is 2. The molecule has 1 amide bonds. The van der Waals surface area contributed by atoms with Crippen LogP contribution in [0.15, 0.2) is 0 Å². The second-order valence-corrected chi connectivity index (χ2v) is 3.08. The van der Waals surface area contributed by atoms with E-state index in [1.807, 2.05) is 14.0 Å². The van der Waals surface area contributed by atoms with E-state index < -0.39 is 0 Å². The van der Waals surface area contributed by atoms with Crippen molar-refractivity contribution in [2.24, 2.45) is 5.92 Å². The van der Waals surface area contributed by atoms with Crippen LogP contribution in [0.25, 0.3) is 0 Å². The van der Waals surface area contributed by atoms with Gasteiger partial charge >= 0.3 is 0 Å². The molecule has 0 radical (unpaired) electrons. The molecule has 64 valence electrons. The van der Waals surface area contributed by atoms with Gasteiger partial charge in [-0.3, -0.25) is 4.79 Å². The van der Waals surface area contributed by atoms with Gasteiger partial charge in [-0.1, -0.05) is 6.92 Å². The Morgan fingerprint density at radius 1 is 1.64 bits per heavy atom. The minimum atomic E-state index is 0.175. The van der Waals surface area contributed by atoms with E-state index in [1.165, 1.54) is 0 Å². The summed E-state index contributed by atoms with van der Waals surface area (Å²) in [4.78, 5) is 10.9. The molecule has 1 saturated carbocycles. The summed E-state index contributed by atoms with van der Waals surface area (Å²) >= 11 is 0. The van der Waals surface area contributed by atoms with Gasteiger partial charge in [0.15, 0.2) is 0 Å². The molecular formula is C8H16N2O. The number of carbonyl (C=O) groups excluding carboxylic acids is 1. The lowest BCUT2D eigenvalue weighted by Crippen LogP contribution is -2.27. The van der Waals surface area contributed by atoms with E-state index >= 15 is 0 Å². The number of carbonyl (C=O) groups is 1. The maximum absolute atomic E-state index is 10.9. The van der Waals surface area contributed by atoms with E-state index in [9.17, 15) is 4.79 Å². The molecule has 1 aliphatic carbocycles. The third-order valence-corrected chi connectivity index (χ3v) is 2.06. The van der Waals surface area contributed by atoms with Crippen LogP contribution in [0.3, 0.4) is 0 Å². The van der Waals surface area contributed by atoms with Gasteiger partial charge in [0, 0.05) is 12.5 Å². The molecule has 0 unspecified atom stereocenters. The number of amides is 1. The van der Waals surface area contributed by atoms with Crippen molar-refractivity contribution in [3.8, 4) is 0 Å². The van der Waals surface area contributed by atoms with Crippen LogP contribution in [0.4, 0.5) is 0 Å². The third-order valence-electron chi connectivity index (χ3n) is 2.06. The van der Waals surface area contributed by atoms with Crippen molar-refractivity contribution in [1.82, 2.24) is 10.6 Å². The lowest BCUT2D eigenvalue weighted by Gasteiger charge is -2.01. The van der Waals surface area contributed by atoms with Gasteiger partial charge in [-0.25, -0.2) is 0 Å². The summed E-state index contributed by atoms with van der Waals surface area (Å²) in [7, 11) is 1.94. The highest BCUT2D eigenvalue weighted by Gasteiger charge is 2.36. The first-order valence-corrected chi connectivity index (χ1v) is 4.22. The Morgan fingerprint density at radius 3 is 2.91 bits per heavy atom. The number of nitrogens with one attached hydrogen (secondary N) is 2. The zero-order valence-electron chi connectivity index (χ0n) is 7.18. The minimum absolute atomic E-state index is 0.175.